The normalized spacial score (nSPS) is 11.9. The lowest BCUT2D eigenvalue weighted by molar-refractivity contribution is 0.599. The lowest BCUT2D eigenvalue weighted by Crippen LogP contribution is -2.35. The summed E-state index contributed by atoms with van der Waals surface area (Å²) in [6, 6.07) is 8.64. The molecular formula is C13H20N2S. The predicted octanol–water partition coefficient (Wildman–Crippen LogP) is 3.47. The van der Waals surface area contributed by atoms with Gasteiger partial charge in [-0.2, -0.15) is 0 Å². The molecule has 2 N–H and O–H groups in total. The highest BCUT2D eigenvalue weighted by atomic mass is 32.1. The predicted molar refractivity (Wildman–Crippen MR) is 74.9 cm³/mol. The standard InChI is InChI=1S/C13H20N2S/c1-4-5-11(3)14-13(16)15-12-8-6-10(2)7-9-12/h6-9,11H,4-5H2,1-3H3,(H2,14,15,16)/t11-/m0/s1. The second-order valence-corrected chi connectivity index (χ2v) is 4.56. The Morgan fingerprint density at radius 2 is 1.94 bits per heavy atom. The number of aryl methyl sites for hydroxylation is 1. The van der Waals surface area contributed by atoms with E-state index in [0.717, 1.165) is 12.1 Å². The number of thiocarbonyl (C=S) groups is 1. The highest BCUT2D eigenvalue weighted by molar-refractivity contribution is 7.80. The Labute approximate surface area is 103 Å². The third kappa shape index (κ3) is 4.62. The molecule has 0 heterocycles. The molecule has 0 spiro atoms. The Morgan fingerprint density at radius 3 is 2.50 bits per heavy atom. The molecule has 0 aromatic heterocycles. The molecule has 1 aromatic carbocycles. The lowest BCUT2D eigenvalue weighted by Gasteiger charge is -2.16. The molecule has 0 radical (unpaired) electrons. The van der Waals surface area contributed by atoms with Gasteiger partial charge in [0.15, 0.2) is 5.11 Å². The van der Waals surface area contributed by atoms with Crippen LogP contribution in [0.4, 0.5) is 5.69 Å². The molecule has 88 valence electrons. The van der Waals surface area contributed by atoms with E-state index in [1.165, 1.54) is 12.0 Å². The van der Waals surface area contributed by atoms with Crippen molar-refractivity contribution in [2.24, 2.45) is 0 Å². The first-order valence-corrected chi connectivity index (χ1v) is 6.17. The van der Waals surface area contributed by atoms with Crippen LogP contribution in [0.25, 0.3) is 0 Å². The average Bonchev–Trinajstić information content (AvgIpc) is 2.21. The first-order chi connectivity index (χ1) is 7.61. The van der Waals surface area contributed by atoms with Crippen molar-refractivity contribution in [3.63, 3.8) is 0 Å². The summed E-state index contributed by atoms with van der Waals surface area (Å²) in [5.74, 6) is 0. The molecule has 0 aliphatic heterocycles. The topological polar surface area (TPSA) is 24.1 Å². The van der Waals surface area contributed by atoms with E-state index in [4.69, 9.17) is 12.2 Å². The maximum atomic E-state index is 5.24. The third-order valence-electron chi connectivity index (χ3n) is 2.41. The van der Waals surface area contributed by atoms with Gasteiger partial charge >= 0.3 is 0 Å². The fourth-order valence-electron chi connectivity index (χ4n) is 1.53. The van der Waals surface area contributed by atoms with Crippen molar-refractivity contribution in [1.82, 2.24) is 5.32 Å². The summed E-state index contributed by atoms with van der Waals surface area (Å²) in [5, 5.41) is 7.14. The molecule has 0 unspecified atom stereocenters. The highest BCUT2D eigenvalue weighted by Crippen LogP contribution is 2.08. The number of rotatable bonds is 4. The largest absolute Gasteiger partial charge is 0.360 e. The smallest absolute Gasteiger partial charge is 0.170 e. The van der Waals surface area contributed by atoms with E-state index < -0.39 is 0 Å². The minimum absolute atomic E-state index is 0.426. The maximum Gasteiger partial charge on any atom is 0.170 e. The molecule has 16 heavy (non-hydrogen) atoms. The van der Waals surface area contributed by atoms with Crippen molar-refractivity contribution in [1.29, 1.82) is 0 Å². The van der Waals surface area contributed by atoms with Crippen LogP contribution in [-0.2, 0) is 0 Å². The van der Waals surface area contributed by atoms with Crippen LogP contribution < -0.4 is 10.6 Å². The number of hydrogen-bond donors (Lipinski definition) is 2. The van der Waals surface area contributed by atoms with Crippen LogP contribution in [0.3, 0.4) is 0 Å². The Balaban J connectivity index is 2.42. The van der Waals surface area contributed by atoms with Crippen molar-refractivity contribution >= 4 is 23.0 Å². The third-order valence-corrected chi connectivity index (χ3v) is 2.63. The zero-order valence-electron chi connectivity index (χ0n) is 10.2. The molecule has 1 aromatic rings. The molecule has 0 aliphatic carbocycles. The highest BCUT2D eigenvalue weighted by Gasteiger charge is 2.02. The van der Waals surface area contributed by atoms with Gasteiger partial charge in [0.2, 0.25) is 0 Å². The van der Waals surface area contributed by atoms with Crippen LogP contribution in [0.5, 0.6) is 0 Å². The van der Waals surface area contributed by atoms with E-state index in [9.17, 15) is 0 Å². The second kappa shape index (κ2) is 6.48. The average molecular weight is 236 g/mol. The minimum atomic E-state index is 0.426. The van der Waals surface area contributed by atoms with E-state index >= 15 is 0 Å². The van der Waals surface area contributed by atoms with Crippen molar-refractivity contribution in [2.45, 2.75) is 39.7 Å². The van der Waals surface area contributed by atoms with Crippen molar-refractivity contribution in [3.8, 4) is 0 Å². The molecule has 1 rings (SSSR count). The van der Waals surface area contributed by atoms with Gasteiger partial charge in [0, 0.05) is 11.7 Å². The Hall–Kier alpha value is -1.09. The minimum Gasteiger partial charge on any atom is -0.360 e. The summed E-state index contributed by atoms with van der Waals surface area (Å²) in [6.07, 6.45) is 2.30. The number of nitrogens with one attached hydrogen (secondary N) is 2. The molecule has 2 nitrogen and oxygen atoms in total. The molecule has 0 aliphatic rings. The van der Waals surface area contributed by atoms with Crippen molar-refractivity contribution in [3.05, 3.63) is 29.8 Å². The first-order valence-electron chi connectivity index (χ1n) is 5.76. The van der Waals surface area contributed by atoms with Gasteiger partial charge in [0.05, 0.1) is 0 Å². The van der Waals surface area contributed by atoms with Crippen LogP contribution in [0.15, 0.2) is 24.3 Å². The molecule has 3 heteroatoms. The maximum absolute atomic E-state index is 5.24. The van der Waals surface area contributed by atoms with Gasteiger partial charge in [-0.3, -0.25) is 0 Å². The Bertz CT molecular complexity index is 332. The van der Waals surface area contributed by atoms with Gasteiger partial charge in [0.25, 0.3) is 0 Å². The van der Waals surface area contributed by atoms with E-state index in [1.54, 1.807) is 0 Å². The van der Waals surface area contributed by atoms with Gasteiger partial charge in [0.1, 0.15) is 0 Å². The summed E-state index contributed by atoms with van der Waals surface area (Å²) in [6.45, 7) is 6.39. The molecule has 0 bridgehead atoms. The Kier molecular flexibility index (Phi) is 5.26. The second-order valence-electron chi connectivity index (χ2n) is 4.15. The SMILES string of the molecule is CCC[C@H](C)NC(=S)Nc1ccc(C)cc1. The number of benzene rings is 1. The zero-order valence-corrected chi connectivity index (χ0v) is 11.0. The van der Waals surface area contributed by atoms with Gasteiger partial charge in [-0.05, 0) is 44.6 Å². The summed E-state index contributed by atoms with van der Waals surface area (Å²) in [5.41, 5.74) is 2.29. The molecular weight excluding hydrogens is 216 g/mol. The molecule has 0 fully saturated rings. The molecule has 0 amide bonds. The fourth-order valence-corrected chi connectivity index (χ4v) is 1.85. The van der Waals surface area contributed by atoms with Gasteiger partial charge in [-0.1, -0.05) is 31.0 Å². The van der Waals surface area contributed by atoms with E-state index in [0.29, 0.717) is 11.2 Å². The summed E-state index contributed by atoms with van der Waals surface area (Å²) >= 11 is 5.24. The van der Waals surface area contributed by atoms with Gasteiger partial charge in [-0.15, -0.1) is 0 Å². The first kappa shape index (κ1) is 13.0. The number of anilines is 1. The van der Waals surface area contributed by atoms with Crippen molar-refractivity contribution < 1.29 is 0 Å². The van der Waals surface area contributed by atoms with Gasteiger partial charge < -0.3 is 10.6 Å². The summed E-state index contributed by atoms with van der Waals surface area (Å²) in [4.78, 5) is 0. The quantitative estimate of drug-likeness (QED) is 0.783. The Morgan fingerprint density at radius 1 is 1.31 bits per heavy atom. The van der Waals surface area contributed by atoms with Crippen LogP contribution in [0.2, 0.25) is 0 Å². The molecule has 0 saturated heterocycles. The van der Waals surface area contributed by atoms with Crippen molar-refractivity contribution in [2.75, 3.05) is 5.32 Å². The van der Waals surface area contributed by atoms with Gasteiger partial charge in [-0.25, -0.2) is 0 Å². The fraction of sp³-hybridized carbons (Fsp3) is 0.462. The lowest BCUT2D eigenvalue weighted by atomic mass is 10.2. The zero-order chi connectivity index (χ0) is 12.0. The van der Waals surface area contributed by atoms with Crippen LogP contribution >= 0.6 is 12.2 Å². The molecule has 0 saturated carbocycles. The summed E-state index contributed by atoms with van der Waals surface area (Å²) < 4.78 is 0. The van der Waals surface area contributed by atoms with E-state index in [2.05, 4.69) is 43.5 Å². The van der Waals surface area contributed by atoms with Crippen LogP contribution in [0.1, 0.15) is 32.3 Å². The monoisotopic (exact) mass is 236 g/mol. The van der Waals surface area contributed by atoms with E-state index in [1.807, 2.05) is 12.1 Å². The van der Waals surface area contributed by atoms with Crippen LogP contribution in [0, 0.1) is 6.92 Å². The summed E-state index contributed by atoms with van der Waals surface area (Å²) in [7, 11) is 0. The molecule has 1 atom stereocenters. The van der Waals surface area contributed by atoms with E-state index in [-0.39, 0.29) is 0 Å². The van der Waals surface area contributed by atoms with Crippen LogP contribution in [-0.4, -0.2) is 11.2 Å². The number of hydrogen-bond acceptors (Lipinski definition) is 1.